The molecule has 2 amide bonds. The number of nitrogens with zero attached hydrogens (tertiary/aromatic N) is 2. The van der Waals surface area contributed by atoms with Gasteiger partial charge in [0.15, 0.2) is 0 Å². The summed E-state index contributed by atoms with van der Waals surface area (Å²) in [7, 11) is 3.28. The Bertz CT molecular complexity index is 578. The summed E-state index contributed by atoms with van der Waals surface area (Å²) in [5.74, 6) is 0.271. The van der Waals surface area contributed by atoms with Gasteiger partial charge in [-0.15, -0.1) is 0 Å². The second-order valence-electron chi connectivity index (χ2n) is 5.74. The Morgan fingerprint density at radius 3 is 2.88 bits per heavy atom. The van der Waals surface area contributed by atoms with Crippen LogP contribution in [0.2, 0.25) is 0 Å². The highest BCUT2D eigenvalue weighted by atomic mass is 16.5. The quantitative estimate of drug-likeness (QED) is 0.786. The summed E-state index contributed by atoms with van der Waals surface area (Å²) < 4.78 is 10.7. The number of ether oxygens (including phenoxy) is 2. The Morgan fingerprint density at radius 1 is 1.42 bits per heavy atom. The number of benzene rings is 1. The minimum atomic E-state index is -0.532. The highest BCUT2D eigenvalue weighted by Crippen LogP contribution is 2.18. The lowest BCUT2D eigenvalue weighted by Gasteiger charge is -2.37. The largest absolute Gasteiger partial charge is 0.496 e. The molecule has 1 aromatic carbocycles. The Hall–Kier alpha value is -2.12. The van der Waals surface area contributed by atoms with Gasteiger partial charge >= 0.3 is 0 Å². The highest BCUT2D eigenvalue weighted by molar-refractivity contribution is 5.80. The Kier molecular flexibility index (Phi) is 6.57. The number of amides is 2. The molecule has 1 aliphatic rings. The number of morpholine rings is 1. The lowest BCUT2D eigenvalue weighted by atomic mass is 10.1. The van der Waals surface area contributed by atoms with Gasteiger partial charge < -0.3 is 24.4 Å². The van der Waals surface area contributed by atoms with E-state index in [1.165, 1.54) is 0 Å². The van der Waals surface area contributed by atoms with E-state index in [2.05, 4.69) is 0 Å². The summed E-state index contributed by atoms with van der Waals surface area (Å²) in [4.78, 5) is 27.4. The van der Waals surface area contributed by atoms with Crippen LogP contribution in [0, 0.1) is 0 Å². The second-order valence-corrected chi connectivity index (χ2v) is 5.74. The first-order chi connectivity index (χ1) is 11.6. The molecule has 0 spiro atoms. The number of para-hydroxylation sites is 1. The summed E-state index contributed by atoms with van der Waals surface area (Å²) in [5, 5.41) is 9.07. The third kappa shape index (κ3) is 4.46. The number of aliphatic hydroxyl groups excluding tert-OH is 1. The van der Waals surface area contributed by atoms with Crippen LogP contribution in [-0.4, -0.2) is 79.8 Å². The molecule has 0 aromatic heterocycles. The first kappa shape index (κ1) is 18.2. The third-order valence-electron chi connectivity index (χ3n) is 4.13. The van der Waals surface area contributed by atoms with E-state index in [9.17, 15) is 9.59 Å². The number of hydrogen-bond donors (Lipinski definition) is 1. The van der Waals surface area contributed by atoms with E-state index < -0.39 is 6.61 Å². The van der Waals surface area contributed by atoms with E-state index in [1.807, 2.05) is 24.3 Å². The summed E-state index contributed by atoms with van der Waals surface area (Å²) in [6.07, 6.45) is 0.224. The number of hydrogen-bond acceptors (Lipinski definition) is 5. The normalized spacial score (nSPS) is 17.5. The maximum Gasteiger partial charge on any atom is 0.248 e. The zero-order chi connectivity index (χ0) is 17.5. The van der Waals surface area contributed by atoms with Crippen molar-refractivity contribution in [1.82, 2.24) is 9.80 Å². The number of carbonyl (C=O) groups excluding carboxylic acids is 2. The average molecular weight is 336 g/mol. The van der Waals surface area contributed by atoms with Crippen LogP contribution >= 0.6 is 0 Å². The van der Waals surface area contributed by atoms with Gasteiger partial charge in [-0.05, 0) is 6.07 Å². The third-order valence-corrected chi connectivity index (χ3v) is 4.13. The Labute approximate surface area is 141 Å². The van der Waals surface area contributed by atoms with Gasteiger partial charge in [-0.3, -0.25) is 9.59 Å². The molecule has 1 aliphatic heterocycles. The number of likely N-dealkylation sites (N-methyl/N-ethyl adjacent to an activating group) is 1. The van der Waals surface area contributed by atoms with E-state index in [1.54, 1.807) is 24.0 Å². The molecule has 24 heavy (non-hydrogen) atoms. The molecule has 7 nitrogen and oxygen atoms in total. The minimum absolute atomic E-state index is 0.0681. The molecule has 0 saturated carbocycles. The predicted molar refractivity (Wildman–Crippen MR) is 87.7 cm³/mol. The van der Waals surface area contributed by atoms with Crippen molar-refractivity contribution >= 4 is 11.8 Å². The molecule has 1 fully saturated rings. The van der Waals surface area contributed by atoms with Crippen molar-refractivity contribution in [2.75, 3.05) is 47.1 Å². The van der Waals surface area contributed by atoms with Crippen LogP contribution in [0.1, 0.15) is 5.56 Å². The Morgan fingerprint density at radius 2 is 2.17 bits per heavy atom. The van der Waals surface area contributed by atoms with Crippen LogP contribution in [0.5, 0.6) is 5.75 Å². The maximum atomic E-state index is 12.5. The van der Waals surface area contributed by atoms with Gasteiger partial charge in [-0.25, -0.2) is 0 Å². The van der Waals surface area contributed by atoms with Crippen molar-refractivity contribution < 1.29 is 24.2 Å². The molecule has 0 radical (unpaired) electrons. The molecular weight excluding hydrogens is 312 g/mol. The molecule has 0 aliphatic carbocycles. The van der Waals surface area contributed by atoms with Gasteiger partial charge in [0.25, 0.3) is 0 Å². The fourth-order valence-corrected chi connectivity index (χ4v) is 2.79. The first-order valence-corrected chi connectivity index (χ1v) is 7.90. The lowest BCUT2D eigenvalue weighted by molar-refractivity contribution is -0.145. The van der Waals surface area contributed by atoms with E-state index in [0.29, 0.717) is 32.1 Å². The molecule has 1 atom stereocenters. The van der Waals surface area contributed by atoms with E-state index in [4.69, 9.17) is 14.6 Å². The Balaban J connectivity index is 1.98. The molecule has 2 rings (SSSR count). The summed E-state index contributed by atoms with van der Waals surface area (Å²) in [6, 6.07) is 7.15. The fourth-order valence-electron chi connectivity index (χ4n) is 2.79. The summed E-state index contributed by atoms with van der Waals surface area (Å²) >= 11 is 0. The average Bonchev–Trinajstić information content (AvgIpc) is 2.61. The summed E-state index contributed by atoms with van der Waals surface area (Å²) in [6.45, 7) is 1.06. The zero-order valence-corrected chi connectivity index (χ0v) is 14.1. The molecular formula is C17H24N2O5. The van der Waals surface area contributed by atoms with Crippen LogP contribution in [0.25, 0.3) is 0 Å². The number of carbonyl (C=O) groups is 2. The van der Waals surface area contributed by atoms with Crippen LogP contribution in [-0.2, 0) is 20.7 Å². The standard InChI is InChI=1S/C17H24N2O5/c1-18(10-14-12-24-8-7-19(14)17(22)11-20)16(21)9-13-5-3-4-6-15(13)23-2/h3-6,14,20H,7-12H2,1-2H3. The van der Waals surface area contributed by atoms with Crippen LogP contribution in [0.4, 0.5) is 0 Å². The molecule has 1 heterocycles. The van der Waals surface area contributed by atoms with Crippen LogP contribution in [0.3, 0.4) is 0 Å². The van der Waals surface area contributed by atoms with Gasteiger partial charge in [0.1, 0.15) is 12.4 Å². The fraction of sp³-hybridized carbons (Fsp3) is 0.529. The first-order valence-electron chi connectivity index (χ1n) is 7.90. The molecule has 1 unspecified atom stereocenters. The number of methoxy groups -OCH3 is 1. The van der Waals surface area contributed by atoms with Crippen LogP contribution < -0.4 is 4.74 Å². The number of rotatable bonds is 6. The van der Waals surface area contributed by atoms with Crippen molar-refractivity contribution in [3.63, 3.8) is 0 Å². The predicted octanol–water partition coefficient (Wildman–Crippen LogP) is -0.0842. The smallest absolute Gasteiger partial charge is 0.248 e. The van der Waals surface area contributed by atoms with Crippen molar-refractivity contribution in [3.05, 3.63) is 29.8 Å². The van der Waals surface area contributed by atoms with Crippen molar-refractivity contribution in [2.45, 2.75) is 12.5 Å². The maximum absolute atomic E-state index is 12.5. The topological polar surface area (TPSA) is 79.3 Å². The molecule has 0 bridgehead atoms. The van der Waals surface area contributed by atoms with Crippen molar-refractivity contribution in [1.29, 1.82) is 0 Å². The van der Waals surface area contributed by atoms with Gasteiger partial charge in [-0.2, -0.15) is 0 Å². The lowest BCUT2D eigenvalue weighted by Crippen LogP contribution is -2.54. The van der Waals surface area contributed by atoms with E-state index in [-0.39, 0.29) is 24.3 Å². The van der Waals surface area contributed by atoms with E-state index >= 15 is 0 Å². The van der Waals surface area contributed by atoms with Crippen LogP contribution in [0.15, 0.2) is 24.3 Å². The molecule has 1 aromatic rings. The molecule has 1 saturated heterocycles. The SMILES string of the molecule is COc1ccccc1CC(=O)N(C)CC1COCCN1C(=O)CO. The number of aliphatic hydroxyl groups is 1. The minimum Gasteiger partial charge on any atom is -0.496 e. The monoisotopic (exact) mass is 336 g/mol. The van der Waals surface area contributed by atoms with Gasteiger partial charge in [0.2, 0.25) is 11.8 Å². The molecule has 132 valence electrons. The summed E-state index contributed by atoms with van der Waals surface area (Å²) in [5.41, 5.74) is 0.819. The van der Waals surface area contributed by atoms with Crippen molar-refractivity contribution in [3.8, 4) is 5.75 Å². The second kappa shape index (κ2) is 8.65. The van der Waals surface area contributed by atoms with Gasteiger partial charge in [0, 0.05) is 25.7 Å². The van der Waals surface area contributed by atoms with Crippen molar-refractivity contribution in [2.24, 2.45) is 0 Å². The highest BCUT2D eigenvalue weighted by Gasteiger charge is 2.28. The molecule has 1 N–H and O–H groups in total. The van der Waals surface area contributed by atoms with Gasteiger partial charge in [-0.1, -0.05) is 18.2 Å². The molecule has 7 heteroatoms. The van der Waals surface area contributed by atoms with E-state index in [0.717, 1.165) is 5.56 Å². The zero-order valence-electron chi connectivity index (χ0n) is 14.1. The van der Waals surface area contributed by atoms with Gasteiger partial charge in [0.05, 0.1) is 32.8 Å².